The fourth-order valence-corrected chi connectivity index (χ4v) is 2.86. The van der Waals surface area contributed by atoms with E-state index in [0.717, 1.165) is 6.07 Å². The standard InChI is InChI=1S/C13H14O5S/c1-3-4-5-8-19(16,17)10-6-7-12(18-2)11(9-10)13(14)15/h1,6-7,9H,4-5,8H2,2H3,(H,14,15). The molecule has 1 aromatic carbocycles. The summed E-state index contributed by atoms with van der Waals surface area (Å²) in [5.41, 5.74) is -0.180. The Morgan fingerprint density at radius 1 is 1.47 bits per heavy atom. The van der Waals surface area contributed by atoms with Crippen molar-refractivity contribution in [3.8, 4) is 18.1 Å². The van der Waals surface area contributed by atoms with Gasteiger partial charge in [0.25, 0.3) is 0 Å². The first-order valence-electron chi connectivity index (χ1n) is 5.50. The predicted molar refractivity (Wildman–Crippen MR) is 70.1 cm³/mol. The molecule has 0 amide bonds. The third-order valence-corrected chi connectivity index (χ3v) is 4.29. The van der Waals surface area contributed by atoms with Gasteiger partial charge in [-0.3, -0.25) is 0 Å². The second-order valence-corrected chi connectivity index (χ2v) is 5.90. The summed E-state index contributed by atoms with van der Waals surface area (Å²) in [6.07, 6.45) is 5.76. The van der Waals surface area contributed by atoms with Crippen LogP contribution in [0, 0.1) is 12.3 Å². The summed E-state index contributed by atoms with van der Waals surface area (Å²) in [4.78, 5) is 11.0. The van der Waals surface area contributed by atoms with Crippen molar-refractivity contribution in [3.63, 3.8) is 0 Å². The Hall–Kier alpha value is -2.00. The zero-order chi connectivity index (χ0) is 14.5. The molecule has 5 nitrogen and oxygen atoms in total. The second kappa shape index (κ2) is 6.25. The highest BCUT2D eigenvalue weighted by atomic mass is 32.2. The lowest BCUT2D eigenvalue weighted by molar-refractivity contribution is 0.0693. The topological polar surface area (TPSA) is 80.7 Å². The van der Waals surface area contributed by atoms with Crippen LogP contribution in [0.4, 0.5) is 0 Å². The lowest BCUT2D eigenvalue weighted by Crippen LogP contribution is -2.09. The molecule has 1 rings (SSSR count). The SMILES string of the molecule is C#CCCCS(=O)(=O)c1ccc(OC)c(C(=O)O)c1. The van der Waals surface area contributed by atoms with Gasteiger partial charge in [0.05, 0.1) is 17.8 Å². The number of ether oxygens (including phenoxy) is 1. The number of carboxylic acids is 1. The van der Waals surface area contributed by atoms with Crippen LogP contribution in [-0.2, 0) is 9.84 Å². The van der Waals surface area contributed by atoms with Gasteiger partial charge in [-0.05, 0) is 24.6 Å². The first-order valence-corrected chi connectivity index (χ1v) is 7.15. The smallest absolute Gasteiger partial charge is 0.339 e. The van der Waals surface area contributed by atoms with Crippen molar-refractivity contribution in [3.05, 3.63) is 23.8 Å². The minimum atomic E-state index is -3.53. The molecule has 102 valence electrons. The molecule has 6 heteroatoms. The van der Waals surface area contributed by atoms with Crippen molar-refractivity contribution < 1.29 is 23.1 Å². The number of hydrogen-bond donors (Lipinski definition) is 1. The van der Waals surface area contributed by atoms with Gasteiger partial charge in [-0.1, -0.05) is 0 Å². The summed E-state index contributed by atoms with van der Waals surface area (Å²) in [6.45, 7) is 0. The first-order chi connectivity index (χ1) is 8.92. The lowest BCUT2D eigenvalue weighted by Gasteiger charge is -2.08. The molecule has 0 bridgehead atoms. The predicted octanol–water partition coefficient (Wildman–Crippen LogP) is 1.58. The molecule has 0 aromatic heterocycles. The quantitative estimate of drug-likeness (QED) is 0.633. The number of sulfone groups is 1. The molecule has 0 fully saturated rings. The number of hydrogen-bond acceptors (Lipinski definition) is 4. The molecule has 0 heterocycles. The van der Waals surface area contributed by atoms with E-state index < -0.39 is 15.8 Å². The molecule has 0 unspecified atom stereocenters. The number of benzene rings is 1. The average molecular weight is 282 g/mol. The van der Waals surface area contributed by atoms with E-state index >= 15 is 0 Å². The number of methoxy groups -OCH3 is 1. The maximum absolute atomic E-state index is 12.0. The van der Waals surface area contributed by atoms with E-state index in [0.29, 0.717) is 12.8 Å². The number of terminal acetylenes is 1. The van der Waals surface area contributed by atoms with E-state index in [-0.39, 0.29) is 22.0 Å². The van der Waals surface area contributed by atoms with Crippen molar-refractivity contribution in [2.75, 3.05) is 12.9 Å². The van der Waals surface area contributed by atoms with E-state index in [2.05, 4.69) is 5.92 Å². The molecule has 0 aliphatic heterocycles. The van der Waals surface area contributed by atoms with E-state index in [1.54, 1.807) is 0 Å². The van der Waals surface area contributed by atoms with Crippen LogP contribution in [-0.4, -0.2) is 32.4 Å². The maximum atomic E-state index is 12.0. The fraction of sp³-hybridized carbons (Fsp3) is 0.308. The van der Waals surface area contributed by atoms with Gasteiger partial charge in [0, 0.05) is 6.42 Å². The van der Waals surface area contributed by atoms with Gasteiger partial charge < -0.3 is 9.84 Å². The van der Waals surface area contributed by atoms with Crippen LogP contribution in [0.1, 0.15) is 23.2 Å². The van der Waals surface area contributed by atoms with E-state index in [1.165, 1.54) is 19.2 Å². The van der Waals surface area contributed by atoms with Gasteiger partial charge in [-0.15, -0.1) is 12.3 Å². The van der Waals surface area contributed by atoms with Crippen LogP contribution in [0.3, 0.4) is 0 Å². The van der Waals surface area contributed by atoms with Crippen LogP contribution in [0.25, 0.3) is 0 Å². The van der Waals surface area contributed by atoms with Crippen molar-refractivity contribution in [2.45, 2.75) is 17.7 Å². The molecule has 19 heavy (non-hydrogen) atoms. The summed E-state index contributed by atoms with van der Waals surface area (Å²) >= 11 is 0. The zero-order valence-corrected chi connectivity index (χ0v) is 11.2. The van der Waals surface area contributed by atoms with E-state index in [1.807, 2.05) is 0 Å². The van der Waals surface area contributed by atoms with Crippen LogP contribution in [0.5, 0.6) is 5.75 Å². The Morgan fingerprint density at radius 3 is 2.68 bits per heavy atom. The van der Waals surface area contributed by atoms with Crippen LogP contribution in [0.15, 0.2) is 23.1 Å². The van der Waals surface area contributed by atoms with Gasteiger partial charge >= 0.3 is 5.97 Å². The summed E-state index contributed by atoms with van der Waals surface area (Å²) in [6, 6.07) is 3.76. The van der Waals surface area contributed by atoms with Crippen LogP contribution in [0.2, 0.25) is 0 Å². The Morgan fingerprint density at radius 2 is 2.16 bits per heavy atom. The minimum Gasteiger partial charge on any atom is -0.496 e. The number of carboxylic acid groups (broad SMARTS) is 1. The highest BCUT2D eigenvalue weighted by Crippen LogP contribution is 2.23. The van der Waals surface area contributed by atoms with Crippen molar-refractivity contribution >= 4 is 15.8 Å². The lowest BCUT2D eigenvalue weighted by atomic mass is 10.2. The highest BCUT2D eigenvalue weighted by Gasteiger charge is 2.19. The molecule has 0 saturated heterocycles. The largest absolute Gasteiger partial charge is 0.496 e. The zero-order valence-electron chi connectivity index (χ0n) is 10.4. The summed E-state index contributed by atoms with van der Waals surface area (Å²) in [5, 5.41) is 9.00. The van der Waals surface area contributed by atoms with Gasteiger partial charge in [-0.25, -0.2) is 13.2 Å². The Kier molecular flexibility index (Phi) is 4.95. The number of rotatable bonds is 6. The molecular weight excluding hydrogens is 268 g/mol. The van der Waals surface area contributed by atoms with E-state index in [9.17, 15) is 13.2 Å². The van der Waals surface area contributed by atoms with Crippen molar-refractivity contribution in [2.24, 2.45) is 0 Å². The number of unbranched alkanes of at least 4 members (excludes halogenated alkanes) is 1. The third-order valence-electron chi connectivity index (χ3n) is 2.49. The Labute approximate surface area is 112 Å². The van der Waals surface area contributed by atoms with E-state index in [4.69, 9.17) is 16.3 Å². The molecule has 0 saturated carbocycles. The molecule has 0 aliphatic rings. The second-order valence-electron chi connectivity index (χ2n) is 3.79. The fourth-order valence-electron chi connectivity index (χ4n) is 1.53. The van der Waals surface area contributed by atoms with Gasteiger partial charge in [0.15, 0.2) is 9.84 Å². The summed E-state index contributed by atoms with van der Waals surface area (Å²) in [7, 11) is -2.21. The minimum absolute atomic E-state index is 0.0391. The molecule has 1 N–H and O–H groups in total. The van der Waals surface area contributed by atoms with Gasteiger partial charge in [0.1, 0.15) is 11.3 Å². The average Bonchev–Trinajstić information content (AvgIpc) is 2.38. The van der Waals surface area contributed by atoms with Gasteiger partial charge in [-0.2, -0.15) is 0 Å². The maximum Gasteiger partial charge on any atom is 0.339 e. The van der Waals surface area contributed by atoms with Crippen LogP contribution < -0.4 is 4.74 Å². The molecule has 0 aliphatic carbocycles. The first kappa shape index (κ1) is 15.1. The summed E-state index contributed by atoms with van der Waals surface area (Å²) < 4.78 is 28.8. The monoisotopic (exact) mass is 282 g/mol. The Balaban J connectivity index is 3.12. The normalized spacial score (nSPS) is 10.7. The summed E-state index contributed by atoms with van der Waals surface area (Å²) in [5.74, 6) is 1.13. The molecule has 0 spiro atoms. The number of aromatic carboxylic acids is 1. The molecule has 1 aromatic rings. The van der Waals surface area contributed by atoms with Crippen molar-refractivity contribution in [1.29, 1.82) is 0 Å². The molecule has 0 atom stereocenters. The third kappa shape index (κ3) is 3.73. The number of carbonyl (C=O) groups is 1. The van der Waals surface area contributed by atoms with Gasteiger partial charge in [0.2, 0.25) is 0 Å². The molecule has 0 radical (unpaired) electrons. The molecular formula is C13H14O5S. The Bertz CT molecular complexity index is 610. The highest BCUT2D eigenvalue weighted by molar-refractivity contribution is 7.91. The van der Waals surface area contributed by atoms with Crippen molar-refractivity contribution in [1.82, 2.24) is 0 Å². The van der Waals surface area contributed by atoms with Crippen LogP contribution >= 0.6 is 0 Å².